The molecule has 1 heterocycles. The summed E-state index contributed by atoms with van der Waals surface area (Å²) in [4.78, 5) is 17.0. The van der Waals surface area contributed by atoms with Crippen LogP contribution in [0.1, 0.15) is 10.4 Å². The summed E-state index contributed by atoms with van der Waals surface area (Å²) in [7, 11) is 1.60. The highest BCUT2D eigenvalue weighted by molar-refractivity contribution is 7.16. The lowest BCUT2D eigenvalue weighted by atomic mass is 10.2. The van der Waals surface area contributed by atoms with Gasteiger partial charge in [0.05, 0.1) is 21.8 Å². The molecule has 0 bridgehead atoms. The molecule has 3 aromatic rings. The van der Waals surface area contributed by atoms with E-state index in [1.165, 1.54) is 35.6 Å². The summed E-state index contributed by atoms with van der Waals surface area (Å²) in [6, 6.07) is 11.0. The van der Waals surface area contributed by atoms with Crippen molar-refractivity contribution < 1.29 is 13.9 Å². The zero-order valence-corrected chi connectivity index (χ0v) is 14.4. The lowest BCUT2D eigenvalue weighted by Gasteiger charge is -2.05. The topological polar surface area (TPSA) is 43.6 Å². The van der Waals surface area contributed by atoms with Crippen LogP contribution in [-0.2, 0) is 11.3 Å². The van der Waals surface area contributed by atoms with Gasteiger partial charge in [-0.05, 0) is 30.3 Å². The molecule has 4 nitrogen and oxygen atoms in total. The fraction of sp³-hybridized carbons (Fsp3) is 0.176. The molecule has 24 heavy (non-hydrogen) atoms. The Labute approximate surface area is 146 Å². The molecule has 0 aliphatic rings. The summed E-state index contributed by atoms with van der Waals surface area (Å²) in [5.74, 6) is -0.967. The van der Waals surface area contributed by atoms with Crippen molar-refractivity contribution in [1.29, 1.82) is 0 Å². The number of halogens is 2. The molecule has 0 radical (unpaired) electrons. The van der Waals surface area contributed by atoms with Crippen LogP contribution in [0.15, 0.2) is 47.5 Å². The van der Waals surface area contributed by atoms with Crippen LogP contribution in [0.25, 0.3) is 10.2 Å². The number of methoxy groups -OCH3 is 1. The molecule has 0 N–H and O–H groups in total. The van der Waals surface area contributed by atoms with Gasteiger partial charge in [0.15, 0.2) is 4.80 Å². The number of benzene rings is 2. The van der Waals surface area contributed by atoms with Gasteiger partial charge in [-0.3, -0.25) is 4.79 Å². The van der Waals surface area contributed by atoms with Crippen molar-refractivity contribution in [3.05, 3.63) is 63.7 Å². The van der Waals surface area contributed by atoms with E-state index in [2.05, 4.69) is 4.99 Å². The van der Waals surface area contributed by atoms with Gasteiger partial charge in [0.2, 0.25) is 0 Å². The average Bonchev–Trinajstić information content (AvgIpc) is 2.91. The summed E-state index contributed by atoms with van der Waals surface area (Å²) in [5.41, 5.74) is 1.02. The first-order chi connectivity index (χ1) is 11.6. The molecule has 0 saturated carbocycles. The van der Waals surface area contributed by atoms with Gasteiger partial charge in [0, 0.05) is 19.2 Å². The molecule has 0 aliphatic heterocycles. The number of hydrogen-bond donors (Lipinski definition) is 0. The van der Waals surface area contributed by atoms with E-state index in [-0.39, 0.29) is 5.56 Å². The molecule has 1 aromatic heterocycles. The van der Waals surface area contributed by atoms with E-state index >= 15 is 0 Å². The minimum Gasteiger partial charge on any atom is -0.383 e. The van der Waals surface area contributed by atoms with E-state index < -0.39 is 11.7 Å². The molecular formula is C17H14ClFN2O2S. The third-order valence-corrected chi connectivity index (χ3v) is 4.79. The highest BCUT2D eigenvalue weighted by Gasteiger charge is 2.12. The van der Waals surface area contributed by atoms with E-state index in [0.29, 0.717) is 23.0 Å². The summed E-state index contributed by atoms with van der Waals surface area (Å²) in [6.45, 7) is 0.966. The number of amides is 1. The van der Waals surface area contributed by atoms with Crippen LogP contribution in [0.3, 0.4) is 0 Å². The second kappa shape index (κ2) is 7.25. The Morgan fingerprint density at radius 3 is 2.88 bits per heavy atom. The second-order valence-electron chi connectivity index (χ2n) is 5.04. The van der Waals surface area contributed by atoms with Gasteiger partial charge in [-0.2, -0.15) is 4.99 Å². The monoisotopic (exact) mass is 364 g/mol. The maximum atomic E-state index is 13.3. The van der Waals surface area contributed by atoms with Gasteiger partial charge in [-0.15, -0.1) is 0 Å². The molecule has 7 heteroatoms. The van der Waals surface area contributed by atoms with Crippen molar-refractivity contribution in [2.45, 2.75) is 6.54 Å². The Bertz CT molecular complexity index is 965. The van der Waals surface area contributed by atoms with Gasteiger partial charge in [-0.25, -0.2) is 4.39 Å². The summed E-state index contributed by atoms with van der Waals surface area (Å²) >= 11 is 7.66. The summed E-state index contributed by atoms with van der Waals surface area (Å²) < 4.78 is 21.2. The Morgan fingerprint density at radius 2 is 2.12 bits per heavy atom. The highest BCUT2D eigenvalue weighted by atomic mass is 35.5. The van der Waals surface area contributed by atoms with Crippen molar-refractivity contribution in [2.24, 2.45) is 4.99 Å². The molecule has 0 saturated heterocycles. The maximum Gasteiger partial charge on any atom is 0.279 e. The Kier molecular flexibility index (Phi) is 5.08. The highest BCUT2D eigenvalue weighted by Crippen LogP contribution is 2.25. The molecule has 2 aromatic carbocycles. The molecule has 0 fully saturated rings. The van der Waals surface area contributed by atoms with Crippen LogP contribution in [0, 0.1) is 5.82 Å². The van der Waals surface area contributed by atoms with Crippen LogP contribution >= 0.6 is 22.9 Å². The minimum absolute atomic E-state index is 0.205. The predicted octanol–water partition coefficient (Wildman–Crippen LogP) is 3.88. The van der Waals surface area contributed by atoms with Crippen LogP contribution < -0.4 is 4.80 Å². The molecule has 0 unspecified atom stereocenters. The number of rotatable bonds is 4. The van der Waals surface area contributed by atoms with Crippen LogP contribution in [0.4, 0.5) is 4.39 Å². The number of ether oxygens (including phenoxy) is 1. The van der Waals surface area contributed by atoms with E-state index in [0.717, 1.165) is 10.2 Å². The number of thiazole rings is 1. The number of hydrogen-bond acceptors (Lipinski definition) is 3. The first-order valence-corrected chi connectivity index (χ1v) is 8.41. The van der Waals surface area contributed by atoms with E-state index in [1.54, 1.807) is 13.2 Å². The molecule has 3 rings (SSSR count). The van der Waals surface area contributed by atoms with E-state index in [9.17, 15) is 9.18 Å². The number of carbonyl (C=O) groups is 1. The van der Waals surface area contributed by atoms with Gasteiger partial charge < -0.3 is 9.30 Å². The van der Waals surface area contributed by atoms with Crippen LogP contribution in [0.2, 0.25) is 5.02 Å². The number of para-hydroxylation sites is 1. The standard InChI is InChI=1S/C17H14ClFN2O2S/c1-23-9-8-21-15-13(18)6-3-7-14(15)24-17(21)20-16(22)11-4-2-5-12(19)10-11/h2-7,10H,8-9H2,1H3. The number of fused-ring (bicyclic) bond motifs is 1. The number of carbonyl (C=O) groups excluding carboxylic acids is 1. The third-order valence-electron chi connectivity index (χ3n) is 3.44. The Hall–Kier alpha value is -2.02. The number of aromatic nitrogens is 1. The van der Waals surface area contributed by atoms with Crippen LogP contribution in [0.5, 0.6) is 0 Å². The van der Waals surface area contributed by atoms with E-state index in [4.69, 9.17) is 16.3 Å². The second-order valence-corrected chi connectivity index (χ2v) is 6.46. The summed E-state index contributed by atoms with van der Waals surface area (Å²) in [6.07, 6.45) is 0. The predicted molar refractivity (Wildman–Crippen MR) is 93.0 cm³/mol. The zero-order chi connectivity index (χ0) is 17.1. The first-order valence-electron chi connectivity index (χ1n) is 7.21. The smallest absolute Gasteiger partial charge is 0.279 e. The molecular weight excluding hydrogens is 351 g/mol. The lowest BCUT2D eigenvalue weighted by molar-refractivity contribution is 0.0997. The lowest BCUT2D eigenvalue weighted by Crippen LogP contribution is -2.19. The Balaban J connectivity index is 2.14. The quantitative estimate of drug-likeness (QED) is 0.705. The minimum atomic E-state index is -0.497. The van der Waals surface area contributed by atoms with Gasteiger partial charge >= 0.3 is 0 Å². The Morgan fingerprint density at radius 1 is 1.33 bits per heavy atom. The van der Waals surface area contributed by atoms with Gasteiger partial charge in [0.25, 0.3) is 5.91 Å². The third kappa shape index (κ3) is 3.40. The normalized spacial score (nSPS) is 12.0. The van der Waals surface area contributed by atoms with Crippen molar-refractivity contribution >= 4 is 39.1 Å². The average molecular weight is 365 g/mol. The number of nitrogens with zero attached hydrogens (tertiary/aromatic N) is 2. The van der Waals surface area contributed by atoms with Gasteiger partial charge in [-0.1, -0.05) is 35.1 Å². The molecule has 0 spiro atoms. The molecule has 0 aliphatic carbocycles. The van der Waals surface area contributed by atoms with E-state index in [1.807, 2.05) is 16.7 Å². The SMILES string of the molecule is COCCn1c(=NC(=O)c2cccc(F)c2)sc2cccc(Cl)c21. The molecule has 0 atom stereocenters. The van der Waals surface area contributed by atoms with Crippen molar-refractivity contribution in [3.63, 3.8) is 0 Å². The zero-order valence-electron chi connectivity index (χ0n) is 12.8. The van der Waals surface area contributed by atoms with Crippen molar-refractivity contribution in [2.75, 3.05) is 13.7 Å². The fourth-order valence-corrected chi connectivity index (χ4v) is 3.75. The summed E-state index contributed by atoms with van der Waals surface area (Å²) in [5, 5.41) is 0.583. The van der Waals surface area contributed by atoms with Gasteiger partial charge in [0.1, 0.15) is 5.82 Å². The fourth-order valence-electron chi connectivity index (χ4n) is 2.34. The molecule has 124 valence electrons. The van der Waals surface area contributed by atoms with Crippen molar-refractivity contribution in [3.8, 4) is 0 Å². The van der Waals surface area contributed by atoms with Crippen molar-refractivity contribution in [1.82, 2.24) is 4.57 Å². The van der Waals surface area contributed by atoms with Crippen LogP contribution in [-0.4, -0.2) is 24.2 Å². The maximum absolute atomic E-state index is 13.3. The first kappa shape index (κ1) is 16.8. The largest absolute Gasteiger partial charge is 0.383 e. The molecule has 1 amide bonds.